The molecule has 4 rings (SSSR count). The largest absolute Gasteiger partial charge is 0.459 e. The summed E-state index contributed by atoms with van der Waals surface area (Å²) in [5, 5.41) is 5.44. The third kappa shape index (κ3) is 11.1. The number of carbonyl (C=O) groups excluding carboxylic acids is 4. The predicted molar refractivity (Wildman–Crippen MR) is 198 cm³/mol. The van der Waals surface area contributed by atoms with Crippen molar-refractivity contribution in [2.45, 2.75) is 116 Å². The maximum absolute atomic E-state index is 14.3. The Morgan fingerprint density at radius 1 is 0.882 bits per heavy atom. The molecule has 2 aliphatic heterocycles. The van der Waals surface area contributed by atoms with Crippen LogP contribution in [0.3, 0.4) is 0 Å². The minimum atomic E-state index is -1.65. The number of hydrogen-bond acceptors (Lipinski definition) is 9. The number of esters is 1. The van der Waals surface area contributed by atoms with Gasteiger partial charge < -0.3 is 39.1 Å². The lowest BCUT2D eigenvalue weighted by Crippen LogP contribution is -2.61. The zero-order chi connectivity index (χ0) is 36.7. The van der Waals surface area contributed by atoms with Crippen LogP contribution in [0, 0.1) is 5.92 Å². The average molecular weight is 728 g/mol. The molecule has 0 spiro atoms. The van der Waals surface area contributed by atoms with E-state index in [1.807, 2.05) is 88.4 Å². The Hall–Kier alpha value is -3.75. The maximum atomic E-state index is 14.3. The molecule has 51 heavy (non-hydrogen) atoms. The zero-order valence-electron chi connectivity index (χ0n) is 31.1. The van der Waals surface area contributed by atoms with E-state index >= 15 is 0 Å². The molecule has 2 fully saturated rings. The maximum Gasteiger partial charge on any atom is 0.457 e. The fraction of sp³-hybridized carbons (Fsp3) is 0.568. The lowest BCUT2D eigenvalue weighted by atomic mass is 9.77. The average Bonchev–Trinajstić information content (AvgIpc) is 3.50. The fourth-order valence-corrected chi connectivity index (χ4v) is 6.07. The number of carbonyl (C=O) groups is 4. The number of nitrogens with one attached hydrogen (secondary N) is 2. The number of ether oxygens (including phenoxy) is 3. The molecule has 2 aromatic carbocycles. The number of alkyl carbamates (subject to hydrolysis) is 2. The van der Waals surface area contributed by atoms with Crippen LogP contribution >= 0.6 is 13.5 Å². The van der Waals surface area contributed by atoms with Gasteiger partial charge in [-0.2, -0.15) is 13.5 Å². The number of nitrogens with zero attached hydrogens (tertiary/aromatic N) is 1. The standard InChI is InChI=1S/C37H52BN3O9.H2S/c1-26(39-32(44)48-34(2,3)4)30(42)41-22-29(20-15-21-38-49-35(5,6)36(7,8)50-38)37(25-41,31(43)46-23-27-16-11-9-12-17-27)40-33(45)47-24-28-18-13-10-14-19-28;/h9-14,16-19,26,29H,15,20-25H2,1-8H3,(H,39,44)(H,40,45);1H2/t26-,29+,37+;/m0./s1. The topological polar surface area (TPSA) is 142 Å². The Morgan fingerprint density at radius 2 is 1.41 bits per heavy atom. The summed E-state index contributed by atoms with van der Waals surface area (Å²) in [6, 6.07) is 17.4. The van der Waals surface area contributed by atoms with Crippen LogP contribution in [0.5, 0.6) is 0 Å². The van der Waals surface area contributed by atoms with Crippen LogP contribution in [0.2, 0.25) is 6.32 Å². The first-order chi connectivity index (χ1) is 23.4. The number of likely N-dealkylation sites (tertiary alicyclic amines) is 1. The minimum absolute atomic E-state index is 0. The van der Waals surface area contributed by atoms with E-state index in [9.17, 15) is 19.2 Å². The smallest absolute Gasteiger partial charge is 0.457 e. The first-order valence-electron chi connectivity index (χ1n) is 17.2. The second-order valence-electron chi connectivity index (χ2n) is 15.1. The summed E-state index contributed by atoms with van der Waals surface area (Å²) in [6.45, 7) is 14.5. The quantitative estimate of drug-likeness (QED) is 0.159. The van der Waals surface area contributed by atoms with Crippen molar-refractivity contribution in [1.82, 2.24) is 15.5 Å². The van der Waals surface area contributed by atoms with Gasteiger partial charge in [0.1, 0.15) is 24.9 Å². The van der Waals surface area contributed by atoms with Gasteiger partial charge in [-0.25, -0.2) is 14.4 Å². The van der Waals surface area contributed by atoms with Crippen molar-refractivity contribution in [1.29, 1.82) is 0 Å². The molecule has 0 aromatic heterocycles. The number of hydrogen-bond donors (Lipinski definition) is 2. The van der Waals surface area contributed by atoms with Gasteiger partial charge in [0.15, 0.2) is 5.54 Å². The molecule has 12 nitrogen and oxygen atoms in total. The highest BCUT2D eigenvalue weighted by atomic mass is 32.1. The SMILES string of the molecule is C[C@H](NC(=O)OC(C)(C)C)C(=O)N1C[C@@H](CCCB2OC(C)(C)C(C)(C)O2)[C@@](NC(=O)OCc2ccccc2)(C(=O)OCc2ccccc2)C1.S. The van der Waals surface area contributed by atoms with E-state index in [2.05, 4.69) is 10.6 Å². The molecule has 2 aromatic rings. The molecular weight excluding hydrogens is 673 g/mol. The zero-order valence-corrected chi connectivity index (χ0v) is 32.1. The predicted octanol–water partition coefficient (Wildman–Crippen LogP) is 5.75. The van der Waals surface area contributed by atoms with E-state index in [0.29, 0.717) is 19.2 Å². The van der Waals surface area contributed by atoms with E-state index < -0.39 is 65.5 Å². The van der Waals surface area contributed by atoms with Crippen molar-refractivity contribution in [3.8, 4) is 0 Å². The summed E-state index contributed by atoms with van der Waals surface area (Å²) in [5.41, 5.74) is -1.88. The highest BCUT2D eigenvalue weighted by Crippen LogP contribution is 2.39. The van der Waals surface area contributed by atoms with Gasteiger partial charge in [0.2, 0.25) is 5.91 Å². The molecule has 0 aliphatic carbocycles. The number of benzene rings is 2. The Kier molecular flexibility index (Phi) is 14.0. The lowest BCUT2D eigenvalue weighted by molar-refractivity contribution is -0.154. The van der Waals surface area contributed by atoms with Crippen molar-refractivity contribution in [2.24, 2.45) is 5.92 Å². The minimum Gasteiger partial charge on any atom is -0.459 e. The van der Waals surface area contributed by atoms with E-state index in [1.54, 1.807) is 27.7 Å². The highest BCUT2D eigenvalue weighted by Gasteiger charge is 2.56. The molecule has 3 amide bonds. The lowest BCUT2D eigenvalue weighted by Gasteiger charge is -2.33. The molecule has 0 unspecified atom stereocenters. The molecule has 0 saturated carbocycles. The van der Waals surface area contributed by atoms with Crippen molar-refractivity contribution in [3.05, 3.63) is 71.8 Å². The van der Waals surface area contributed by atoms with Gasteiger partial charge in [0.05, 0.1) is 17.7 Å². The first-order valence-corrected chi connectivity index (χ1v) is 17.2. The second kappa shape index (κ2) is 17.2. The Labute approximate surface area is 309 Å². The molecule has 3 atom stereocenters. The molecule has 2 heterocycles. The molecule has 0 bridgehead atoms. The Bertz CT molecular complexity index is 1470. The van der Waals surface area contributed by atoms with Crippen LogP contribution in [0.4, 0.5) is 9.59 Å². The van der Waals surface area contributed by atoms with Crippen molar-refractivity contribution < 1.29 is 42.7 Å². The molecule has 0 radical (unpaired) electrons. The highest BCUT2D eigenvalue weighted by molar-refractivity contribution is 7.59. The summed E-state index contributed by atoms with van der Waals surface area (Å²) in [5.74, 6) is -1.71. The van der Waals surface area contributed by atoms with Crippen molar-refractivity contribution in [2.75, 3.05) is 13.1 Å². The van der Waals surface area contributed by atoms with Crippen LogP contribution in [0.25, 0.3) is 0 Å². The Balaban J connectivity index is 0.00000702. The van der Waals surface area contributed by atoms with E-state index in [-0.39, 0.29) is 39.8 Å². The normalized spacial score (nSPS) is 21.2. The summed E-state index contributed by atoms with van der Waals surface area (Å²) in [4.78, 5) is 55.5. The Morgan fingerprint density at radius 3 is 1.94 bits per heavy atom. The van der Waals surface area contributed by atoms with Crippen LogP contribution in [-0.4, -0.2) is 77.6 Å². The molecule has 2 saturated heterocycles. The third-order valence-corrected chi connectivity index (χ3v) is 9.40. The molecule has 280 valence electrons. The molecule has 14 heteroatoms. The van der Waals surface area contributed by atoms with Gasteiger partial charge in [-0.05, 0) is 79.3 Å². The first kappa shape index (κ1) is 41.7. The van der Waals surface area contributed by atoms with Gasteiger partial charge in [-0.1, -0.05) is 67.1 Å². The summed E-state index contributed by atoms with van der Waals surface area (Å²) in [6.07, 6.45) is -0.0601. The summed E-state index contributed by atoms with van der Waals surface area (Å²) in [7, 11) is -0.458. The van der Waals surface area contributed by atoms with E-state index in [0.717, 1.165) is 11.1 Å². The van der Waals surface area contributed by atoms with E-state index in [4.69, 9.17) is 23.5 Å². The van der Waals surface area contributed by atoms with Gasteiger partial charge in [-0.15, -0.1) is 0 Å². The van der Waals surface area contributed by atoms with Gasteiger partial charge in [0.25, 0.3) is 0 Å². The van der Waals surface area contributed by atoms with Crippen LogP contribution in [-0.2, 0) is 46.3 Å². The monoisotopic (exact) mass is 727 g/mol. The number of amides is 3. The molecular formula is C37H54BN3O9S. The van der Waals surface area contributed by atoms with Crippen LogP contribution in [0.1, 0.15) is 79.4 Å². The number of rotatable bonds is 12. The van der Waals surface area contributed by atoms with Gasteiger partial charge in [-0.3, -0.25) is 4.79 Å². The van der Waals surface area contributed by atoms with Gasteiger partial charge >= 0.3 is 25.3 Å². The van der Waals surface area contributed by atoms with Gasteiger partial charge in [0, 0.05) is 12.5 Å². The van der Waals surface area contributed by atoms with E-state index in [1.165, 1.54) is 4.90 Å². The summed E-state index contributed by atoms with van der Waals surface area (Å²) < 4.78 is 29.2. The second-order valence-corrected chi connectivity index (χ2v) is 15.1. The summed E-state index contributed by atoms with van der Waals surface area (Å²) >= 11 is 0. The van der Waals surface area contributed by atoms with Crippen molar-refractivity contribution in [3.63, 3.8) is 0 Å². The van der Waals surface area contributed by atoms with Crippen molar-refractivity contribution >= 4 is 44.7 Å². The van der Waals surface area contributed by atoms with Crippen LogP contribution in [0.15, 0.2) is 60.7 Å². The molecule has 2 N–H and O–H groups in total. The molecule has 2 aliphatic rings. The fourth-order valence-electron chi connectivity index (χ4n) is 6.07. The van der Waals surface area contributed by atoms with Crippen LogP contribution < -0.4 is 10.6 Å². The third-order valence-electron chi connectivity index (χ3n) is 9.40.